The number of nitrogens with one attached hydrogen (secondary N) is 1. The van der Waals surface area contributed by atoms with Crippen molar-refractivity contribution in [1.82, 2.24) is 10.2 Å². The maximum absolute atomic E-state index is 11.7. The molecule has 0 atom stereocenters. The predicted molar refractivity (Wildman–Crippen MR) is 80.7 cm³/mol. The summed E-state index contributed by atoms with van der Waals surface area (Å²) < 4.78 is 1.03. The van der Waals surface area contributed by atoms with Gasteiger partial charge in [-0.1, -0.05) is 28.1 Å². The first-order chi connectivity index (χ1) is 9.49. The Hall–Kier alpha value is -1.56. The van der Waals surface area contributed by atoms with Gasteiger partial charge in [0, 0.05) is 31.0 Å². The molecule has 20 heavy (non-hydrogen) atoms. The Morgan fingerprint density at radius 1 is 1.30 bits per heavy atom. The monoisotopic (exact) mass is 342 g/mol. The van der Waals surface area contributed by atoms with Gasteiger partial charge in [0.15, 0.2) is 0 Å². The number of hydrogen-bond acceptors (Lipinski definition) is 2. The Kier molecular flexibility index (Phi) is 7.08. The molecule has 0 radical (unpaired) electrons. The molecular formula is C14H19BrN2O3. The number of carbonyl (C=O) groups is 2. The number of nitrogens with zero attached hydrogens (tertiary/aromatic N) is 1. The van der Waals surface area contributed by atoms with Crippen LogP contribution in [0.3, 0.4) is 0 Å². The molecule has 2 N–H and O–H groups in total. The molecule has 0 unspecified atom stereocenters. The molecule has 0 saturated carbocycles. The van der Waals surface area contributed by atoms with Crippen LogP contribution in [0.5, 0.6) is 0 Å². The second-order valence-electron chi connectivity index (χ2n) is 4.53. The molecule has 6 heteroatoms. The summed E-state index contributed by atoms with van der Waals surface area (Å²) >= 11 is 3.38. The van der Waals surface area contributed by atoms with Crippen LogP contribution in [-0.4, -0.2) is 42.1 Å². The summed E-state index contributed by atoms with van der Waals surface area (Å²) in [4.78, 5) is 23.7. The Balaban J connectivity index is 2.24. The van der Waals surface area contributed by atoms with Gasteiger partial charge in [0.25, 0.3) is 0 Å². The first-order valence-corrected chi connectivity index (χ1v) is 7.23. The summed E-state index contributed by atoms with van der Waals surface area (Å²) in [6, 6.07) is 7.81. The smallest absolute Gasteiger partial charge is 0.317 e. The van der Waals surface area contributed by atoms with Crippen molar-refractivity contribution in [1.29, 1.82) is 0 Å². The van der Waals surface area contributed by atoms with Crippen molar-refractivity contribution in [2.24, 2.45) is 0 Å². The molecule has 0 saturated heterocycles. The number of carbonyl (C=O) groups excluding carboxylic acids is 1. The van der Waals surface area contributed by atoms with Crippen molar-refractivity contribution in [3.05, 3.63) is 34.3 Å². The Bertz CT molecular complexity index is 448. The number of rotatable bonds is 7. The molecule has 0 spiro atoms. The highest BCUT2D eigenvalue weighted by molar-refractivity contribution is 9.10. The van der Waals surface area contributed by atoms with E-state index in [4.69, 9.17) is 5.11 Å². The Labute approximate surface area is 127 Å². The van der Waals surface area contributed by atoms with Crippen molar-refractivity contribution >= 4 is 27.9 Å². The van der Waals surface area contributed by atoms with Crippen molar-refractivity contribution in [3.63, 3.8) is 0 Å². The fourth-order valence-corrected chi connectivity index (χ4v) is 1.88. The van der Waals surface area contributed by atoms with Crippen molar-refractivity contribution < 1.29 is 14.7 Å². The summed E-state index contributed by atoms with van der Waals surface area (Å²) in [5.74, 6) is -0.845. The molecule has 1 aromatic rings. The molecule has 1 rings (SSSR count). The summed E-state index contributed by atoms with van der Waals surface area (Å²) in [6.07, 6.45) is 1.30. The number of amides is 2. The molecule has 0 heterocycles. The van der Waals surface area contributed by atoms with E-state index in [0.29, 0.717) is 19.5 Å². The van der Waals surface area contributed by atoms with Gasteiger partial charge in [-0.2, -0.15) is 0 Å². The molecule has 0 aromatic heterocycles. The minimum atomic E-state index is -0.845. The summed E-state index contributed by atoms with van der Waals surface area (Å²) in [5.41, 5.74) is 1.17. The molecule has 1 aromatic carbocycles. The standard InChI is InChI=1S/C14H19BrN2O3/c1-17(14(20)16-9-2-3-13(18)19)10-8-11-4-6-12(15)7-5-11/h4-7H,2-3,8-10H2,1H3,(H,16,20)(H,18,19). The van der Waals surface area contributed by atoms with Gasteiger partial charge in [0.1, 0.15) is 0 Å². The predicted octanol–water partition coefficient (Wildman–Crippen LogP) is 2.50. The number of urea groups is 1. The number of halogens is 1. The maximum Gasteiger partial charge on any atom is 0.317 e. The number of likely N-dealkylation sites (N-methyl/N-ethyl adjacent to an activating group) is 1. The molecule has 0 aliphatic rings. The first-order valence-electron chi connectivity index (χ1n) is 6.44. The molecule has 110 valence electrons. The van der Waals surface area contributed by atoms with Crippen LogP contribution >= 0.6 is 15.9 Å². The quantitative estimate of drug-likeness (QED) is 0.748. The Morgan fingerprint density at radius 3 is 2.55 bits per heavy atom. The lowest BCUT2D eigenvalue weighted by atomic mass is 10.1. The van der Waals surface area contributed by atoms with Gasteiger partial charge >= 0.3 is 12.0 Å². The van der Waals surface area contributed by atoms with Gasteiger partial charge in [0.2, 0.25) is 0 Å². The maximum atomic E-state index is 11.7. The highest BCUT2D eigenvalue weighted by Crippen LogP contribution is 2.11. The highest BCUT2D eigenvalue weighted by atomic mass is 79.9. The lowest BCUT2D eigenvalue weighted by Crippen LogP contribution is -2.38. The zero-order valence-corrected chi connectivity index (χ0v) is 13.0. The largest absolute Gasteiger partial charge is 0.481 e. The molecule has 0 aliphatic heterocycles. The van der Waals surface area contributed by atoms with Crippen LogP contribution in [0.2, 0.25) is 0 Å². The van der Waals surface area contributed by atoms with E-state index in [-0.39, 0.29) is 12.5 Å². The number of carboxylic acids is 1. The Morgan fingerprint density at radius 2 is 1.95 bits per heavy atom. The van der Waals surface area contributed by atoms with E-state index in [1.807, 2.05) is 24.3 Å². The fourth-order valence-electron chi connectivity index (χ4n) is 1.62. The molecule has 5 nitrogen and oxygen atoms in total. The highest BCUT2D eigenvalue weighted by Gasteiger charge is 2.07. The first kappa shape index (κ1) is 16.5. The number of aliphatic carboxylic acids is 1. The van der Waals surface area contributed by atoms with E-state index in [9.17, 15) is 9.59 Å². The van der Waals surface area contributed by atoms with Gasteiger partial charge in [-0.05, 0) is 30.5 Å². The zero-order chi connectivity index (χ0) is 15.0. The van der Waals surface area contributed by atoms with E-state index >= 15 is 0 Å². The third-order valence-corrected chi connectivity index (χ3v) is 3.37. The van der Waals surface area contributed by atoms with Gasteiger partial charge in [-0.15, -0.1) is 0 Å². The van der Waals surface area contributed by atoms with Gasteiger partial charge in [0.05, 0.1) is 0 Å². The second kappa shape index (κ2) is 8.58. The third kappa shape index (κ3) is 6.56. The molecule has 0 fully saturated rings. The normalized spacial score (nSPS) is 10.1. The van der Waals surface area contributed by atoms with Crippen LogP contribution in [-0.2, 0) is 11.2 Å². The topological polar surface area (TPSA) is 69.6 Å². The van der Waals surface area contributed by atoms with Crippen LogP contribution in [0.4, 0.5) is 4.79 Å². The summed E-state index contributed by atoms with van der Waals surface area (Å²) in [6.45, 7) is 1.00. The molecule has 0 bridgehead atoms. The van der Waals surface area contributed by atoms with E-state index in [1.54, 1.807) is 11.9 Å². The zero-order valence-electron chi connectivity index (χ0n) is 11.4. The molecule has 0 aliphatic carbocycles. The minimum Gasteiger partial charge on any atom is -0.481 e. The lowest BCUT2D eigenvalue weighted by molar-refractivity contribution is -0.137. The minimum absolute atomic E-state index is 0.0723. The molecule has 2 amide bonds. The molecular weight excluding hydrogens is 324 g/mol. The number of benzene rings is 1. The van der Waals surface area contributed by atoms with Gasteiger partial charge in [-0.3, -0.25) is 4.79 Å². The van der Waals surface area contributed by atoms with Crippen LogP contribution < -0.4 is 5.32 Å². The van der Waals surface area contributed by atoms with E-state index in [0.717, 1.165) is 10.9 Å². The van der Waals surface area contributed by atoms with E-state index in [2.05, 4.69) is 21.2 Å². The van der Waals surface area contributed by atoms with Gasteiger partial charge in [-0.25, -0.2) is 4.79 Å². The van der Waals surface area contributed by atoms with E-state index in [1.165, 1.54) is 5.56 Å². The van der Waals surface area contributed by atoms with Crippen molar-refractivity contribution in [2.75, 3.05) is 20.1 Å². The average Bonchev–Trinajstić information content (AvgIpc) is 2.42. The van der Waals surface area contributed by atoms with Crippen LogP contribution in [0.1, 0.15) is 18.4 Å². The number of carboxylic acid groups (broad SMARTS) is 1. The fraction of sp³-hybridized carbons (Fsp3) is 0.429. The SMILES string of the molecule is CN(CCc1ccc(Br)cc1)C(=O)NCCCC(=O)O. The van der Waals surface area contributed by atoms with Gasteiger partial charge < -0.3 is 15.3 Å². The average molecular weight is 343 g/mol. The lowest BCUT2D eigenvalue weighted by Gasteiger charge is -2.17. The van der Waals surface area contributed by atoms with Crippen LogP contribution in [0.25, 0.3) is 0 Å². The summed E-state index contributed by atoms with van der Waals surface area (Å²) in [5, 5.41) is 11.2. The summed E-state index contributed by atoms with van der Waals surface area (Å²) in [7, 11) is 1.73. The second-order valence-corrected chi connectivity index (χ2v) is 5.44. The van der Waals surface area contributed by atoms with Crippen LogP contribution in [0, 0.1) is 0 Å². The number of hydrogen-bond donors (Lipinski definition) is 2. The third-order valence-electron chi connectivity index (χ3n) is 2.84. The van der Waals surface area contributed by atoms with Crippen molar-refractivity contribution in [2.45, 2.75) is 19.3 Å². The van der Waals surface area contributed by atoms with Crippen LogP contribution in [0.15, 0.2) is 28.7 Å². The van der Waals surface area contributed by atoms with E-state index < -0.39 is 5.97 Å². The van der Waals surface area contributed by atoms with Crippen molar-refractivity contribution in [3.8, 4) is 0 Å².